The molecule has 0 heterocycles. The van der Waals surface area contributed by atoms with E-state index in [1.54, 1.807) is 0 Å². The molecule has 0 saturated carbocycles. The molecule has 0 aliphatic carbocycles. The highest BCUT2D eigenvalue weighted by Gasteiger charge is 2.15. The van der Waals surface area contributed by atoms with Gasteiger partial charge in [-0.25, -0.2) is 13.2 Å². The van der Waals surface area contributed by atoms with Crippen molar-refractivity contribution in [3.63, 3.8) is 0 Å². The summed E-state index contributed by atoms with van der Waals surface area (Å²) in [4.78, 5) is 11.5. The minimum Gasteiger partial charge on any atom is -0.351 e. The molecule has 1 N–H and O–H groups in total. The van der Waals surface area contributed by atoms with Crippen molar-refractivity contribution in [2.24, 2.45) is 0 Å². The monoisotopic (exact) mass is 279 g/mol. The maximum Gasteiger partial charge on any atom is 0.251 e. The Kier molecular flexibility index (Phi) is 5.47. The molecule has 2 nitrogen and oxygen atoms in total. The summed E-state index contributed by atoms with van der Waals surface area (Å²) < 4.78 is 38.5. The zero-order valence-electron chi connectivity index (χ0n) is 9.77. The first kappa shape index (κ1) is 14.8. The van der Waals surface area contributed by atoms with E-state index in [1.165, 1.54) is 0 Å². The van der Waals surface area contributed by atoms with Gasteiger partial charge in [-0.3, -0.25) is 4.79 Å². The van der Waals surface area contributed by atoms with E-state index in [1.807, 2.05) is 6.92 Å². The lowest BCUT2D eigenvalue weighted by Crippen LogP contribution is -2.30. The van der Waals surface area contributed by atoms with Gasteiger partial charge in [-0.05, 0) is 18.6 Å². The van der Waals surface area contributed by atoms with Crippen LogP contribution < -0.4 is 5.32 Å². The van der Waals surface area contributed by atoms with E-state index >= 15 is 0 Å². The lowest BCUT2D eigenvalue weighted by Gasteiger charge is -2.10. The first-order valence-electron chi connectivity index (χ1n) is 5.52. The van der Waals surface area contributed by atoms with Crippen LogP contribution in [0.4, 0.5) is 13.2 Å². The smallest absolute Gasteiger partial charge is 0.251 e. The van der Waals surface area contributed by atoms with E-state index in [0.29, 0.717) is 18.6 Å². The molecule has 100 valence electrons. The topological polar surface area (TPSA) is 29.1 Å². The van der Waals surface area contributed by atoms with Crippen LogP contribution in [0.5, 0.6) is 0 Å². The number of hydrogen-bond acceptors (Lipinski definition) is 1. The summed E-state index contributed by atoms with van der Waals surface area (Å²) in [6, 6.07) is 1.30. The van der Waals surface area contributed by atoms with E-state index in [2.05, 4.69) is 5.32 Å². The summed E-state index contributed by atoms with van der Waals surface area (Å²) in [5.41, 5.74) is -0.272. The zero-order valence-corrected chi connectivity index (χ0v) is 10.5. The highest BCUT2D eigenvalue weighted by Crippen LogP contribution is 2.13. The van der Waals surface area contributed by atoms with Crippen LogP contribution in [0, 0.1) is 17.5 Å². The van der Waals surface area contributed by atoms with Gasteiger partial charge >= 0.3 is 0 Å². The number of halogens is 4. The molecule has 0 saturated heterocycles. The van der Waals surface area contributed by atoms with Crippen LogP contribution in [-0.2, 0) is 0 Å². The molecule has 1 aromatic rings. The lowest BCUT2D eigenvalue weighted by atomic mass is 10.2. The highest BCUT2D eigenvalue weighted by atomic mass is 35.5. The van der Waals surface area contributed by atoms with E-state index in [9.17, 15) is 18.0 Å². The average molecular weight is 280 g/mol. The maximum atomic E-state index is 12.9. The molecular formula is C12H13ClF3NO. The Labute approximate surface area is 108 Å². The highest BCUT2D eigenvalue weighted by molar-refractivity contribution is 6.20. The van der Waals surface area contributed by atoms with Gasteiger partial charge < -0.3 is 5.32 Å². The summed E-state index contributed by atoms with van der Waals surface area (Å²) in [6.45, 7) is 2.14. The van der Waals surface area contributed by atoms with Crippen molar-refractivity contribution < 1.29 is 18.0 Å². The Morgan fingerprint density at radius 2 is 1.89 bits per heavy atom. The van der Waals surface area contributed by atoms with Crippen LogP contribution in [-0.4, -0.2) is 17.8 Å². The lowest BCUT2D eigenvalue weighted by molar-refractivity contribution is 0.0952. The third-order valence-corrected chi connectivity index (χ3v) is 2.70. The molecule has 18 heavy (non-hydrogen) atoms. The fourth-order valence-electron chi connectivity index (χ4n) is 1.41. The Hall–Kier alpha value is -1.23. The average Bonchev–Trinajstić information content (AvgIpc) is 2.32. The third kappa shape index (κ3) is 3.91. The second kappa shape index (κ2) is 6.64. The molecule has 0 spiro atoms. The molecule has 0 radical (unpaired) electrons. The van der Waals surface area contributed by atoms with Crippen LogP contribution >= 0.6 is 11.6 Å². The van der Waals surface area contributed by atoms with Crippen molar-refractivity contribution in [3.8, 4) is 0 Å². The Morgan fingerprint density at radius 3 is 2.39 bits per heavy atom. The maximum absolute atomic E-state index is 12.9. The number of hydrogen-bond donors (Lipinski definition) is 1. The summed E-state index contributed by atoms with van der Waals surface area (Å²) in [6.07, 6.45) is 1.58. The van der Waals surface area contributed by atoms with Gasteiger partial charge in [0.25, 0.3) is 5.91 Å². The first-order chi connectivity index (χ1) is 8.45. The fraction of sp³-hybridized carbons (Fsp3) is 0.417. The van der Waals surface area contributed by atoms with Crippen molar-refractivity contribution in [2.75, 3.05) is 6.54 Å². The van der Waals surface area contributed by atoms with Gasteiger partial charge in [0.05, 0.1) is 5.38 Å². The molecule has 1 amide bonds. The SMILES string of the molecule is CCCC(Cl)CNC(=O)c1cc(F)c(F)c(F)c1. The van der Waals surface area contributed by atoms with Gasteiger partial charge in [-0.2, -0.15) is 0 Å². The minimum atomic E-state index is -1.59. The molecular weight excluding hydrogens is 267 g/mol. The van der Waals surface area contributed by atoms with Gasteiger partial charge in [-0.15, -0.1) is 11.6 Å². The van der Waals surface area contributed by atoms with Crippen molar-refractivity contribution >= 4 is 17.5 Å². The Bertz CT molecular complexity index is 416. The predicted molar refractivity (Wildman–Crippen MR) is 63.2 cm³/mol. The van der Waals surface area contributed by atoms with Gasteiger partial charge in [0.15, 0.2) is 17.5 Å². The number of carbonyl (C=O) groups is 1. The second-order valence-electron chi connectivity index (χ2n) is 3.85. The van der Waals surface area contributed by atoms with E-state index < -0.39 is 23.4 Å². The van der Waals surface area contributed by atoms with E-state index in [4.69, 9.17) is 11.6 Å². The Morgan fingerprint density at radius 1 is 1.33 bits per heavy atom. The van der Waals surface area contributed by atoms with Gasteiger partial charge in [0.2, 0.25) is 0 Å². The van der Waals surface area contributed by atoms with Crippen molar-refractivity contribution in [1.82, 2.24) is 5.32 Å². The first-order valence-corrected chi connectivity index (χ1v) is 5.96. The normalized spacial score (nSPS) is 12.3. The number of rotatable bonds is 5. The fourth-order valence-corrected chi connectivity index (χ4v) is 1.70. The van der Waals surface area contributed by atoms with Crippen LogP contribution in [0.2, 0.25) is 0 Å². The van der Waals surface area contributed by atoms with E-state index in [0.717, 1.165) is 6.42 Å². The Balaban J connectivity index is 2.67. The summed E-state index contributed by atoms with van der Waals surface area (Å²) in [5.74, 6) is -5.06. The van der Waals surface area contributed by atoms with Gasteiger partial charge in [0.1, 0.15) is 0 Å². The molecule has 1 atom stereocenters. The number of nitrogens with one attached hydrogen (secondary N) is 1. The minimum absolute atomic E-state index is 0.189. The number of amides is 1. The molecule has 0 bridgehead atoms. The number of benzene rings is 1. The quantitative estimate of drug-likeness (QED) is 0.651. The van der Waals surface area contributed by atoms with E-state index in [-0.39, 0.29) is 17.5 Å². The molecule has 0 aliphatic heterocycles. The molecule has 0 fully saturated rings. The standard InChI is InChI=1S/C12H13ClF3NO/c1-2-3-8(13)6-17-12(18)7-4-9(14)11(16)10(15)5-7/h4-5,8H,2-3,6H2,1H3,(H,17,18). The summed E-state index contributed by atoms with van der Waals surface area (Å²) in [7, 11) is 0. The van der Waals surface area contributed by atoms with Crippen molar-refractivity contribution in [1.29, 1.82) is 0 Å². The van der Waals surface area contributed by atoms with Crippen molar-refractivity contribution in [2.45, 2.75) is 25.1 Å². The van der Waals surface area contributed by atoms with Crippen LogP contribution in [0.25, 0.3) is 0 Å². The van der Waals surface area contributed by atoms with Crippen LogP contribution in [0.1, 0.15) is 30.1 Å². The second-order valence-corrected chi connectivity index (χ2v) is 4.47. The van der Waals surface area contributed by atoms with Crippen LogP contribution in [0.15, 0.2) is 12.1 Å². The summed E-state index contributed by atoms with van der Waals surface area (Å²) in [5, 5.41) is 2.19. The molecule has 0 aliphatic rings. The predicted octanol–water partition coefficient (Wildman–Crippen LogP) is 3.24. The largest absolute Gasteiger partial charge is 0.351 e. The summed E-state index contributed by atoms with van der Waals surface area (Å²) >= 11 is 5.88. The number of carbonyl (C=O) groups excluding carboxylic acids is 1. The van der Waals surface area contributed by atoms with Gasteiger partial charge in [0, 0.05) is 12.1 Å². The number of alkyl halides is 1. The third-order valence-electron chi connectivity index (χ3n) is 2.33. The zero-order chi connectivity index (χ0) is 13.7. The van der Waals surface area contributed by atoms with Crippen molar-refractivity contribution in [3.05, 3.63) is 35.1 Å². The molecule has 1 unspecified atom stereocenters. The molecule has 1 rings (SSSR count). The van der Waals surface area contributed by atoms with Gasteiger partial charge in [-0.1, -0.05) is 13.3 Å². The molecule has 1 aromatic carbocycles. The van der Waals surface area contributed by atoms with Crippen LogP contribution in [0.3, 0.4) is 0 Å². The molecule has 0 aromatic heterocycles. The molecule has 6 heteroatoms.